The summed E-state index contributed by atoms with van der Waals surface area (Å²) in [6.45, 7) is 6.12. The van der Waals surface area contributed by atoms with Gasteiger partial charge in [-0.15, -0.1) is 11.8 Å². The number of piperazine rings is 1. The monoisotopic (exact) mass is 314 g/mol. The van der Waals surface area contributed by atoms with Gasteiger partial charge in [0.05, 0.1) is 17.7 Å². The Balaban J connectivity index is 2.15. The summed E-state index contributed by atoms with van der Waals surface area (Å²) in [6, 6.07) is 0. The van der Waals surface area contributed by atoms with E-state index in [2.05, 4.69) is 24.2 Å². The number of hydrogen-bond donors (Lipinski definition) is 2. The van der Waals surface area contributed by atoms with Gasteiger partial charge in [-0.25, -0.2) is 5.84 Å². The number of nitrogens with one attached hydrogen (secondary N) is 1. The molecule has 7 heteroatoms. The molecule has 2 rings (SSSR count). The lowest BCUT2D eigenvalue weighted by molar-refractivity contribution is -0.136. The highest BCUT2D eigenvalue weighted by molar-refractivity contribution is 8.01. The molecule has 2 fully saturated rings. The van der Waals surface area contributed by atoms with E-state index >= 15 is 0 Å². The van der Waals surface area contributed by atoms with Crippen LogP contribution in [0.3, 0.4) is 0 Å². The molecule has 2 saturated heterocycles. The molecule has 2 aliphatic rings. The zero-order chi connectivity index (χ0) is 15.5. The maximum Gasteiger partial charge on any atom is 0.248 e. The molecule has 0 radical (unpaired) electrons. The lowest BCUT2D eigenvalue weighted by Gasteiger charge is -2.52. The molecule has 0 bridgehead atoms. The Morgan fingerprint density at radius 1 is 1.48 bits per heavy atom. The van der Waals surface area contributed by atoms with Gasteiger partial charge in [0.25, 0.3) is 0 Å². The standard InChI is InChI=1S/C14H26N4O2S/c1-3-4-5-6-14(2)13-18(12(20)10-21-13)8-7-17(14)9-11(19)16-15/h13H,3-10,15H2,1-2H3,(H,16,19). The van der Waals surface area contributed by atoms with E-state index in [1.807, 2.05) is 4.90 Å². The second kappa shape index (κ2) is 6.98. The van der Waals surface area contributed by atoms with Crippen LogP contribution >= 0.6 is 11.8 Å². The van der Waals surface area contributed by atoms with Crippen LogP contribution in [-0.2, 0) is 9.59 Å². The number of carbonyl (C=O) groups excluding carboxylic acids is 2. The van der Waals surface area contributed by atoms with Crippen molar-refractivity contribution in [2.45, 2.75) is 50.4 Å². The zero-order valence-corrected chi connectivity index (χ0v) is 13.7. The highest BCUT2D eigenvalue weighted by atomic mass is 32.2. The maximum absolute atomic E-state index is 12.0. The van der Waals surface area contributed by atoms with E-state index in [-0.39, 0.29) is 22.7 Å². The smallest absolute Gasteiger partial charge is 0.248 e. The SMILES string of the molecule is CCCCCC1(C)C2SCC(=O)N2CCN1CC(=O)NN. The maximum atomic E-state index is 12.0. The number of nitrogens with zero attached hydrogens (tertiary/aromatic N) is 2. The fourth-order valence-corrected chi connectivity index (χ4v) is 4.84. The first-order valence-electron chi connectivity index (χ1n) is 7.68. The molecule has 0 aromatic carbocycles. The lowest BCUT2D eigenvalue weighted by atomic mass is 9.89. The van der Waals surface area contributed by atoms with Crippen molar-refractivity contribution in [2.24, 2.45) is 5.84 Å². The number of carbonyl (C=O) groups is 2. The molecular formula is C14H26N4O2S. The van der Waals surface area contributed by atoms with E-state index in [0.29, 0.717) is 18.8 Å². The highest BCUT2D eigenvalue weighted by Gasteiger charge is 2.50. The van der Waals surface area contributed by atoms with Crippen LogP contribution in [0.4, 0.5) is 0 Å². The number of hydrogen-bond acceptors (Lipinski definition) is 5. The molecule has 6 nitrogen and oxygen atoms in total. The van der Waals surface area contributed by atoms with Gasteiger partial charge in [-0.05, 0) is 13.3 Å². The predicted octanol–water partition coefficient (Wildman–Crippen LogP) is 0.532. The Hall–Kier alpha value is -0.790. The fourth-order valence-electron chi connectivity index (χ4n) is 3.34. The van der Waals surface area contributed by atoms with Gasteiger partial charge in [0.15, 0.2) is 0 Å². The summed E-state index contributed by atoms with van der Waals surface area (Å²) in [5.41, 5.74) is 2.06. The van der Waals surface area contributed by atoms with Gasteiger partial charge in [-0.2, -0.15) is 0 Å². The van der Waals surface area contributed by atoms with Crippen molar-refractivity contribution in [3.8, 4) is 0 Å². The minimum atomic E-state index is -0.167. The topological polar surface area (TPSA) is 78.7 Å². The minimum absolute atomic E-state index is 0.154. The Morgan fingerprint density at radius 3 is 2.90 bits per heavy atom. The molecule has 21 heavy (non-hydrogen) atoms. The van der Waals surface area contributed by atoms with E-state index in [1.165, 1.54) is 12.8 Å². The van der Waals surface area contributed by atoms with Crippen molar-refractivity contribution in [1.82, 2.24) is 15.2 Å². The number of fused-ring (bicyclic) bond motifs is 1. The molecule has 2 atom stereocenters. The Bertz CT molecular complexity index is 406. The molecule has 3 N–H and O–H groups in total. The molecule has 2 amide bonds. The van der Waals surface area contributed by atoms with E-state index in [0.717, 1.165) is 19.4 Å². The Labute approximate surface area is 130 Å². The minimum Gasteiger partial charge on any atom is -0.327 e. The second-order valence-electron chi connectivity index (χ2n) is 6.05. The zero-order valence-electron chi connectivity index (χ0n) is 12.9. The van der Waals surface area contributed by atoms with Gasteiger partial charge in [0.1, 0.15) is 0 Å². The van der Waals surface area contributed by atoms with Gasteiger partial charge >= 0.3 is 0 Å². The number of thioether (sulfide) groups is 1. The molecule has 0 saturated carbocycles. The van der Waals surface area contributed by atoms with Crippen molar-refractivity contribution in [3.63, 3.8) is 0 Å². The largest absolute Gasteiger partial charge is 0.327 e. The number of nitrogens with two attached hydrogens (primary N) is 1. The van der Waals surface area contributed by atoms with Crippen LogP contribution in [0.2, 0.25) is 0 Å². The van der Waals surface area contributed by atoms with Crippen molar-refractivity contribution in [1.29, 1.82) is 0 Å². The Kier molecular flexibility index (Phi) is 5.51. The first-order valence-corrected chi connectivity index (χ1v) is 8.73. The van der Waals surface area contributed by atoms with Crippen LogP contribution in [0, 0.1) is 0 Å². The summed E-state index contributed by atoms with van der Waals surface area (Å²) in [6.07, 6.45) is 4.46. The van der Waals surface area contributed by atoms with Gasteiger partial charge < -0.3 is 4.90 Å². The van der Waals surface area contributed by atoms with E-state index in [9.17, 15) is 9.59 Å². The third-order valence-corrected chi connectivity index (χ3v) is 6.11. The third-order valence-electron chi connectivity index (χ3n) is 4.62. The molecule has 0 aromatic rings. The summed E-state index contributed by atoms with van der Waals surface area (Å²) < 4.78 is 0. The molecular weight excluding hydrogens is 288 g/mol. The van der Waals surface area contributed by atoms with Crippen LogP contribution in [0.1, 0.15) is 39.5 Å². The molecule has 0 spiro atoms. The second-order valence-corrected chi connectivity index (χ2v) is 7.12. The number of rotatable bonds is 6. The molecule has 2 unspecified atom stereocenters. The highest BCUT2D eigenvalue weighted by Crippen LogP contribution is 2.42. The summed E-state index contributed by atoms with van der Waals surface area (Å²) in [4.78, 5) is 27.9. The van der Waals surface area contributed by atoms with E-state index in [4.69, 9.17) is 5.84 Å². The first kappa shape index (κ1) is 16.6. The van der Waals surface area contributed by atoms with Gasteiger partial charge in [0, 0.05) is 18.6 Å². The molecule has 120 valence electrons. The van der Waals surface area contributed by atoms with E-state index < -0.39 is 0 Å². The third kappa shape index (κ3) is 3.35. The molecule has 0 aromatic heterocycles. The van der Waals surface area contributed by atoms with Crippen LogP contribution in [0.25, 0.3) is 0 Å². The Morgan fingerprint density at radius 2 is 2.24 bits per heavy atom. The number of amides is 2. The van der Waals surface area contributed by atoms with Crippen LogP contribution in [-0.4, -0.2) is 57.9 Å². The lowest BCUT2D eigenvalue weighted by Crippen LogP contribution is -2.66. The number of unbranched alkanes of at least 4 members (excludes halogenated alkanes) is 2. The first-order chi connectivity index (χ1) is 10.0. The summed E-state index contributed by atoms with van der Waals surface area (Å²) in [5, 5.41) is 0.154. The van der Waals surface area contributed by atoms with Gasteiger partial charge in [-0.3, -0.25) is 19.9 Å². The van der Waals surface area contributed by atoms with Gasteiger partial charge in [0.2, 0.25) is 11.8 Å². The van der Waals surface area contributed by atoms with Crippen molar-refractivity contribution >= 4 is 23.6 Å². The molecule has 2 heterocycles. The van der Waals surface area contributed by atoms with Crippen LogP contribution in [0.5, 0.6) is 0 Å². The summed E-state index contributed by atoms with van der Waals surface area (Å²) in [5.74, 6) is 5.86. The normalized spacial score (nSPS) is 29.6. The van der Waals surface area contributed by atoms with Crippen LogP contribution < -0.4 is 11.3 Å². The molecule has 0 aliphatic carbocycles. The average Bonchev–Trinajstić information content (AvgIpc) is 2.85. The van der Waals surface area contributed by atoms with Crippen molar-refractivity contribution < 1.29 is 9.59 Å². The summed E-state index contributed by atoms with van der Waals surface area (Å²) >= 11 is 1.71. The van der Waals surface area contributed by atoms with Crippen molar-refractivity contribution in [2.75, 3.05) is 25.4 Å². The van der Waals surface area contributed by atoms with Crippen LogP contribution in [0.15, 0.2) is 0 Å². The number of hydrazine groups is 1. The fraction of sp³-hybridized carbons (Fsp3) is 0.857. The quantitative estimate of drug-likeness (QED) is 0.324. The predicted molar refractivity (Wildman–Crippen MR) is 84.4 cm³/mol. The van der Waals surface area contributed by atoms with Crippen molar-refractivity contribution in [3.05, 3.63) is 0 Å². The average molecular weight is 314 g/mol. The van der Waals surface area contributed by atoms with E-state index in [1.54, 1.807) is 11.8 Å². The summed E-state index contributed by atoms with van der Waals surface area (Å²) in [7, 11) is 0. The molecule has 2 aliphatic heterocycles. The van der Waals surface area contributed by atoms with Gasteiger partial charge in [-0.1, -0.05) is 26.2 Å².